The van der Waals surface area contributed by atoms with E-state index in [1.807, 2.05) is 0 Å². The standard InChI is InChI=1S/C11H7F3N2O2/c1-5(17)9-7-3-2-6(11(12,13)14)4-8(7)15-10(18)16-9/h2-4H,1H3,(H,15,16,18). The van der Waals surface area contributed by atoms with Gasteiger partial charge in [-0.2, -0.15) is 18.2 Å². The number of alkyl halides is 3. The van der Waals surface area contributed by atoms with Gasteiger partial charge in [0.25, 0.3) is 0 Å². The van der Waals surface area contributed by atoms with Gasteiger partial charge < -0.3 is 4.98 Å². The molecule has 1 heterocycles. The highest BCUT2D eigenvalue weighted by molar-refractivity contribution is 6.04. The van der Waals surface area contributed by atoms with Gasteiger partial charge in [0.15, 0.2) is 5.78 Å². The molecule has 0 unspecified atom stereocenters. The normalized spacial score (nSPS) is 11.8. The van der Waals surface area contributed by atoms with Crippen LogP contribution in [0.2, 0.25) is 0 Å². The van der Waals surface area contributed by atoms with Gasteiger partial charge in [-0.05, 0) is 18.2 Å². The molecule has 94 valence electrons. The van der Waals surface area contributed by atoms with Gasteiger partial charge in [0.2, 0.25) is 0 Å². The lowest BCUT2D eigenvalue weighted by molar-refractivity contribution is -0.137. The number of fused-ring (bicyclic) bond motifs is 1. The fraction of sp³-hybridized carbons (Fsp3) is 0.182. The Morgan fingerprint density at radius 1 is 1.33 bits per heavy atom. The Kier molecular flexibility index (Phi) is 2.68. The molecular formula is C11H7F3N2O2. The molecule has 0 spiro atoms. The molecule has 0 fully saturated rings. The number of aromatic amines is 1. The van der Waals surface area contributed by atoms with Crippen molar-refractivity contribution in [3.63, 3.8) is 0 Å². The highest BCUT2D eigenvalue weighted by atomic mass is 19.4. The van der Waals surface area contributed by atoms with Gasteiger partial charge in [0.1, 0.15) is 5.69 Å². The van der Waals surface area contributed by atoms with Crippen LogP contribution < -0.4 is 5.69 Å². The maximum atomic E-state index is 12.5. The first-order chi connectivity index (χ1) is 8.29. The molecule has 2 aromatic rings. The van der Waals surface area contributed by atoms with Crippen LogP contribution in [0.1, 0.15) is 23.0 Å². The van der Waals surface area contributed by atoms with Crippen molar-refractivity contribution in [1.29, 1.82) is 0 Å². The summed E-state index contributed by atoms with van der Waals surface area (Å²) in [5.74, 6) is -0.481. The average Bonchev–Trinajstić information content (AvgIpc) is 2.25. The van der Waals surface area contributed by atoms with Crippen molar-refractivity contribution in [2.45, 2.75) is 13.1 Å². The Morgan fingerprint density at radius 3 is 2.56 bits per heavy atom. The molecule has 0 aliphatic heterocycles. The van der Waals surface area contributed by atoms with Crippen LogP contribution in [0.4, 0.5) is 13.2 Å². The maximum absolute atomic E-state index is 12.5. The molecule has 1 aromatic heterocycles. The van der Waals surface area contributed by atoms with Crippen LogP contribution in [0.5, 0.6) is 0 Å². The number of hydrogen-bond acceptors (Lipinski definition) is 3. The van der Waals surface area contributed by atoms with Gasteiger partial charge in [-0.1, -0.05) is 0 Å². The second-order valence-corrected chi connectivity index (χ2v) is 3.70. The van der Waals surface area contributed by atoms with Crippen LogP contribution in [0.25, 0.3) is 10.9 Å². The third-order valence-electron chi connectivity index (χ3n) is 2.39. The summed E-state index contributed by atoms with van der Waals surface area (Å²) in [5.41, 5.74) is -1.95. The molecule has 7 heteroatoms. The number of hydrogen-bond donors (Lipinski definition) is 1. The van der Waals surface area contributed by atoms with Gasteiger partial charge in [-0.15, -0.1) is 0 Å². The highest BCUT2D eigenvalue weighted by Gasteiger charge is 2.30. The zero-order valence-electron chi connectivity index (χ0n) is 9.13. The molecule has 4 nitrogen and oxygen atoms in total. The van der Waals surface area contributed by atoms with E-state index in [0.29, 0.717) is 0 Å². The molecular weight excluding hydrogens is 249 g/mol. The molecule has 0 saturated heterocycles. The number of ketones is 1. The second-order valence-electron chi connectivity index (χ2n) is 3.70. The molecule has 2 rings (SSSR count). The number of benzene rings is 1. The van der Waals surface area contributed by atoms with Gasteiger partial charge in [-0.3, -0.25) is 4.79 Å². The quantitative estimate of drug-likeness (QED) is 0.795. The maximum Gasteiger partial charge on any atom is 0.416 e. The summed E-state index contributed by atoms with van der Waals surface area (Å²) in [7, 11) is 0. The molecule has 1 N–H and O–H groups in total. The molecule has 0 aliphatic carbocycles. The van der Waals surface area contributed by atoms with E-state index < -0.39 is 23.2 Å². The molecule has 0 saturated carbocycles. The number of Topliss-reactive ketones (excluding diaryl/α,β-unsaturated/α-hetero) is 1. The number of carbonyl (C=O) groups excluding carboxylic acids is 1. The first kappa shape index (κ1) is 12.3. The minimum absolute atomic E-state index is 0.0602. The van der Waals surface area contributed by atoms with E-state index in [1.165, 1.54) is 6.92 Å². The molecule has 0 bridgehead atoms. The van der Waals surface area contributed by atoms with Crippen LogP contribution in [0.15, 0.2) is 23.0 Å². The summed E-state index contributed by atoms with van der Waals surface area (Å²) in [6.45, 7) is 1.19. The van der Waals surface area contributed by atoms with Crippen molar-refractivity contribution in [3.05, 3.63) is 39.9 Å². The largest absolute Gasteiger partial charge is 0.416 e. The first-order valence-electron chi connectivity index (χ1n) is 4.91. The van der Waals surface area contributed by atoms with E-state index in [1.54, 1.807) is 0 Å². The van der Waals surface area contributed by atoms with Gasteiger partial charge in [0, 0.05) is 12.3 Å². The Labute approximate surface area is 98.5 Å². The number of nitrogens with one attached hydrogen (secondary N) is 1. The Bertz CT molecular complexity index is 689. The van der Waals surface area contributed by atoms with Crippen molar-refractivity contribution < 1.29 is 18.0 Å². The van der Waals surface area contributed by atoms with Crippen molar-refractivity contribution in [2.75, 3.05) is 0 Å². The van der Waals surface area contributed by atoms with Gasteiger partial charge in [0.05, 0.1) is 11.1 Å². The monoisotopic (exact) mass is 256 g/mol. The fourth-order valence-electron chi connectivity index (χ4n) is 1.60. The zero-order chi connectivity index (χ0) is 13.5. The Hall–Kier alpha value is -2.18. The third-order valence-corrected chi connectivity index (χ3v) is 2.39. The minimum Gasteiger partial charge on any atom is -0.305 e. The lowest BCUT2D eigenvalue weighted by Gasteiger charge is -2.08. The van der Waals surface area contributed by atoms with Crippen LogP contribution in [0.3, 0.4) is 0 Å². The highest BCUT2D eigenvalue weighted by Crippen LogP contribution is 2.31. The molecule has 0 radical (unpaired) electrons. The number of aromatic nitrogens is 2. The molecule has 0 atom stereocenters. The van der Waals surface area contributed by atoms with Crippen molar-refractivity contribution in [1.82, 2.24) is 9.97 Å². The molecule has 0 amide bonds. The Morgan fingerprint density at radius 2 is 2.00 bits per heavy atom. The van der Waals surface area contributed by atoms with E-state index in [-0.39, 0.29) is 16.6 Å². The lowest BCUT2D eigenvalue weighted by Crippen LogP contribution is -2.16. The second kappa shape index (κ2) is 3.94. The SMILES string of the molecule is CC(=O)c1nc(=O)[nH]c2cc(C(F)(F)F)ccc12. The number of H-pyrrole nitrogens is 1. The summed E-state index contributed by atoms with van der Waals surface area (Å²) in [4.78, 5) is 28.1. The predicted molar refractivity (Wildman–Crippen MR) is 57.4 cm³/mol. The first-order valence-corrected chi connectivity index (χ1v) is 4.91. The summed E-state index contributed by atoms with van der Waals surface area (Å²) in [5, 5.41) is 0.190. The molecule has 0 aliphatic rings. The summed E-state index contributed by atoms with van der Waals surface area (Å²) in [6, 6.07) is 2.75. The van der Waals surface area contributed by atoms with Crippen molar-refractivity contribution >= 4 is 16.7 Å². The third kappa shape index (κ3) is 2.11. The smallest absolute Gasteiger partial charge is 0.305 e. The van der Waals surface area contributed by atoms with Gasteiger partial charge in [-0.25, -0.2) is 4.79 Å². The number of halogens is 3. The fourth-order valence-corrected chi connectivity index (χ4v) is 1.60. The zero-order valence-corrected chi connectivity index (χ0v) is 9.13. The number of nitrogens with zero attached hydrogens (tertiary/aromatic N) is 1. The Balaban J connectivity index is 2.80. The minimum atomic E-state index is -4.51. The van der Waals surface area contributed by atoms with Crippen LogP contribution >= 0.6 is 0 Å². The summed E-state index contributed by atoms with van der Waals surface area (Å²) < 4.78 is 37.5. The topological polar surface area (TPSA) is 62.8 Å². The molecule has 18 heavy (non-hydrogen) atoms. The summed E-state index contributed by atoms with van der Waals surface area (Å²) in [6.07, 6.45) is -4.51. The van der Waals surface area contributed by atoms with E-state index in [4.69, 9.17) is 0 Å². The number of carbonyl (C=O) groups is 1. The van der Waals surface area contributed by atoms with E-state index in [9.17, 15) is 22.8 Å². The van der Waals surface area contributed by atoms with Crippen LogP contribution in [-0.4, -0.2) is 15.8 Å². The van der Waals surface area contributed by atoms with Gasteiger partial charge >= 0.3 is 11.9 Å². The van der Waals surface area contributed by atoms with Crippen molar-refractivity contribution in [2.24, 2.45) is 0 Å². The van der Waals surface area contributed by atoms with Crippen LogP contribution in [-0.2, 0) is 6.18 Å². The van der Waals surface area contributed by atoms with Crippen LogP contribution in [0, 0.1) is 0 Å². The van der Waals surface area contributed by atoms with Crippen molar-refractivity contribution in [3.8, 4) is 0 Å². The average molecular weight is 256 g/mol. The lowest BCUT2D eigenvalue weighted by atomic mass is 10.1. The van der Waals surface area contributed by atoms with E-state index in [0.717, 1.165) is 18.2 Å². The van der Waals surface area contributed by atoms with E-state index >= 15 is 0 Å². The summed E-state index contributed by atoms with van der Waals surface area (Å²) >= 11 is 0. The van der Waals surface area contributed by atoms with E-state index in [2.05, 4.69) is 9.97 Å². The predicted octanol–water partition coefficient (Wildman–Crippen LogP) is 2.14. The molecule has 1 aromatic carbocycles. The number of rotatable bonds is 1.